The van der Waals surface area contributed by atoms with Crippen molar-refractivity contribution in [2.45, 2.75) is 32.1 Å². The summed E-state index contributed by atoms with van der Waals surface area (Å²) in [6.45, 7) is 2.84. The summed E-state index contributed by atoms with van der Waals surface area (Å²) in [5.74, 6) is 0.868. The van der Waals surface area contributed by atoms with Crippen molar-refractivity contribution < 1.29 is 4.79 Å². The van der Waals surface area contributed by atoms with Gasteiger partial charge in [0, 0.05) is 31.0 Å². The fourth-order valence-corrected chi connectivity index (χ4v) is 3.75. The lowest BCUT2D eigenvalue weighted by molar-refractivity contribution is -0.121. The van der Waals surface area contributed by atoms with Crippen LogP contribution in [0.5, 0.6) is 0 Å². The van der Waals surface area contributed by atoms with E-state index in [1.165, 1.54) is 12.8 Å². The Balaban J connectivity index is 0.00000169. The molecule has 5 nitrogen and oxygen atoms in total. The highest BCUT2D eigenvalue weighted by Crippen LogP contribution is 2.20. The molecule has 8 heteroatoms. The molecule has 0 radical (unpaired) electrons. The summed E-state index contributed by atoms with van der Waals surface area (Å²) in [7, 11) is 0. The quantitative estimate of drug-likeness (QED) is 0.724. The Morgan fingerprint density at radius 2 is 2.04 bits per heavy atom. The molecule has 0 aromatic carbocycles. The number of thiazole rings is 1. The zero-order valence-corrected chi connectivity index (χ0v) is 17.1. The summed E-state index contributed by atoms with van der Waals surface area (Å²) in [4.78, 5) is 20.9. The summed E-state index contributed by atoms with van der Waals surface area (Å²) < 4.78 is 0. The largest absolute Gasteiger partial charge is 0.356 e. The molecular formula is C18H26Cl2N4OS. The van der Waals surface area contributed by atoms with E-state index in [1.54, 1.807) is 17.5 Å². The highest BCUT2D eigenvalue weighted by molar-refractivity contribution is 7.09. The number of nitrogens with one attached hydrogen (secondary N) is 2. The highest BCUT2D eigenvalue weighted by atomic mass is 35.5. The number of aromatic nitrogens is 2. The minimum atomic E-state index is 0. The van der Waals surface area contributed by atoms with Crippen LogP contribution < -0.4 is 10.6 Å². The number of amides is 1. The van der Waals surface area contributed by atoms with Crippen LogP contribution in [-0.4, -0.2) is 35.5 Å². The van der Waals surface area contributed by atoms with Gasteiger partial charge in [0.05, 0.1) is 16.4 Å². The Morgan fingerprint density at radius 3 is 2.77 bits per heavy atom. The first kappa shape index (κ1) is 22.8. The zero-order chi connectivity index (χ0) is 16.6. The molecule has 3 heterocycles. The van der Waals surface area contributed by atoms with E-state index >= 15 is 0 Å². The predicted octanol–water partition coefficient (Wildman–Crippen LogP) is 3.49. The Kier molecular flexibility index (Phi) is 10.7. The van der Waals surface area contributed by atoms with Gasteiger partial charge in [-0.15, -0.1) is 36.2 Å². The molecule has 0 saturated carbocycles. The van der Waals surface area contributed by atoms with E-state index in [0.29, 0.717) is 18.9 Å². The third-order valence-electron chi connectivity index (χ3n) is 4.38. The van der Waals surface area contributed by atoms with Crippen molar-refractivity contribution in [2.75, 3.05) is 19.6 Å². The van der Waals surface area contributed by atoms with Gasteiger partial charge in [-0.1, -0.05) is 6.07 Å². The number of carbonyl (C=O) groups excluding carboxylic acids is 1. The Bertz CT molecular complexity index is 648. The van der Waals surface area contributed by atoms with Gasteiger partial charge in [-0.05, 0) is 50.4 Å². The van der Waals surface area contributed by atoms with Crippen LogP contribution in [0.15, 0.2) is 29.8 Å². The average Bonchev–Trinajstić information content (AvgIpc) is 3.11. The second kappa shape index (κ2) is 12.2. The molecule has 0 atom stereocenters. The van der Waals surface area contributed by atoms with Crippen molar-refractivity contribution >= 4 is 42.1 Å². The van der Waals surface area contributed by atoms with Gasteiger partial charge in [-0.2, -0.15) is 0 Å². The molecule has 0 bridgehead atoms. The molecule has 2 N–H and O–H groups in total. The maximum absolute atomic E-state index is 11.9. The van der Waals surface area contributed by atoms with E-state index in [1.807, 2.05) is 23.6 Å². The number of piperidine rings is 1. The van der Waals surface area contributed by atoms with Crippen LogP contribution in [0.4, 0.5) is 0 Å². The van der Waals surface area contributed by atoms with Gasteiger partial charge in [0.15, 0.2) is 0 Å². The highest BCUT2D eigenvalue weighted by Gasteiger charge is 2.14. The first-order chi connectivity index (χ1) is 11.8. The molecule has 1 aliphatic rings. The smallest absolute Gasteiger partial charge is 0.220 e. The van der Waals surface area contributed by atoms with E-state index in [2.05, 4.69) is 20.6 Å². The summed E-state index contributed by atoms with van der Waals surface area (Å²) in [6, 6.07) is 5.82. The lowest BCUT2D eigenvalue weighted by atomic mass is 9.93. The van der Waals surface area contributed by atoms with Gasteiger partial charge in [0.25, 0.3) is 0 Å². The summed E-state index contributed by atoms with van der Waals surface area (Å²) in [5, 5.41) is 9.43. The first-order valence-corrected chi connectivity index (χ1v) is 9.52. The fourth-order valence-electron chi connectivity index (χ4n) is 2.96. The van der Waals surface area contributed by atoms with Crippen LogP contribution in [0.1, 0.15) is 30.7 Å². The maximum Gasteiger partial charge on any atom is 0.220 e. The van der Waals surface area contributed by atoms with Crippen LogP contribution in [0.2, 0.25) is 0 Å². The van der Waals surface area contributed by atoms with Crippen molar-refractivity contribution in [3.63, 3.8) is 0 Å². The summed E-state index contributed by atoms with van der Waals surface area (Å²) in [5.41, 5.74) is 1.80. The molecule has 26 heavy (non-hydrogen) atoms. The van der Waals surface area contributed by atoms with Crippen molar-refractivity contribution in [1.82, 2.24) is 20.6 Å². The Morgan fingerprint density at radius 1 is 1.23 bits per heavy atom. The van der Waals surface area contributed by atoms with Crippen molar-refractivity contribution in [3.8, 4) is 11.4 Å². The maximum atomic E-state index is 11.9. The average molecular weight is 417 g/mol. The molecule has 2 aromatic rings. The first-order valence-electron chi connectivity index (χ1n) is 8.64. The number of carbonyl (C=O) groups is 1. The fraction of sp³-hybridized carbons (Fsp3) is 0.500. The monoisotopic (exact) mass is 416 g/mol. The lowest BCUT2D eigenvalue weighted by Gasteiger charge is -2.22. The normalized spacial score (nSPS) is 14.2. The molecule has 1 fully saturated rings. The Hall–Kier alpha value is -1.21. The minimum absolute atomic E-state index is 0. The van der Waals surface area contributed by atoms with E-state index in [9.17, 15) is 4.79 Å². The van der Waals surface area contributed by atoms with Crippen LogP contribution >= 0.6 is 36.2 Å². The second-order valence-electron chi connectivity index (χ2n) is 6.17. The third-order valence-corrected chi connectivity index (χ3v) is 5.29. The number of hydrogen-bond donors (Lipinski definition) is 2. The topological polar surface area (TPSA) is 66.9 Å². The molecular weight excluding hydrogens is 391 g/mol. The van der Waals surface area contributed by atoms with Gasteiger partial charge in [0.2, 0.25) is 5.91 Å². The van der Waals surface area contributed by atoms with Crippen LogP contribution in [0.3, 0.4) is 0 Å². The van der Waals surface area contributed by atoms with Crippen LogP contribution in [0.25, 0.3) is 11.4 Å². The molecule has 0 spiro atoms. The molecule has 1 saturated heterocycles. The number of rotatable bonds is 7. The molecule has 0 aliphatic carbocycles. The standard InChI is InChI=1S/C18H24N4OS.2ClH/c23-17(5-4-14-6-10-19-11-7-14)21-12-8-18-22-16(13-24-18)15-3-1-2-9-20-15;;/h1-3,9,13-14,19H,4-8,10-12H2,(H,21,23);2*1H. The molecule has 2 aromatic heterocycles. The van der Waals surface area contributed by atoms with Crippen molar-refractivity contribution in [1.29, 1.82) is 0 Å². The third kappa shape index (κ3) is 7.19. The van der Waals surface area contributed by atoms with Gasteiger partial charge in [-0.25, -0.2) is 4.98 Å². The second-order valence-corrected chi connectivity index (χ2v) is 7.12. The molecule has 3 rings (SSSR count). The van der Waals surface area contributed by atoms with Crippen LogP contribution in [0, 0.1) is 5.92 Å². The van der Waals surface area contributed by atoms with E-state index in [0.717, 1.165) is 42.3 Å². The summed E-state index contributed by atoms with van der Waals surface area (Å²) >= 11 is 1.62. The van der Waals surface area contributed by atoms with Crippen LogP contribution in [-0.2, 0) is 11.2 Å². The van der Waals surface area contributed by atoms with Gasteiger partial charge in [-0.3, -0.25) is 9.78 Å². The predicted molar refractivity (Wildman–Crippen MR) is 111 cm³/mol. The SMILES string of the molecule is Cl.Cl.O=C(CCC1CCNCC1)NCCc1nc(-c2ccccn2)cs1. The van der Waals surface area contributed by atoms with E-state index in [-0.39, 0.29) is 30.7 Å². The van der Waals surface area contributed by atoms with Gasteiger partial charge >= 0.3 is 0 Å². The van der Waals surface area contributed by atoms with Crippen molar-refractivity contribution in [3.05, 3.63) is 34.8 Å². The zero-order valence-electron chi connectivity index (χ0n) is 14.6. The number of pyridine rings is 1. The van der Waals surface area contributed by atoms with E-state index in [4.69, 9.17) is 0 Å². The lowest BCUT2D eigenvalue weighted by Crippen LogP contribution is -2.30. The molecule has 1 amide bonds. The van der Waals surface area contributed by atoms with Gasteiger partial charge in [0.1, 0.15) is 0 Å². The number of halogens is 2. The molecule has 144 valence electrons. The van der Waals surface area contributed by atoms with Gasteiger partial charge < -0.3 is 10.6 Å². The summed E-state index contributed by atoms with van der Waals surface area (Å²) in [6.07, 6.45) is 6.59. The van der Waals surface area contributed by atoms with Crippen molar-refractivity contribution in [2.24, 2.45) is 5.92 Å². The minimum Gasteiger partial charge on any atom is -0.356 e. The van der Waals surface area contributed by atoms with E-state index < -0.39 is 0 Å². The molecule has 0 unspecified atom stereocenters. The number of nitrogens with zero attached hydrogens (tertiary/aromatic N) is 2. The Labute approximate surface area is 171 Å². The number of hydrogen-bond acceptors (Lipinski definition) is 5. The molecule has 1 aliphatic heterocycles.